The van der Waals surface area contributed by atoms with Gasteiger partial charge in [-0.15, -0.1) is 0 Å². The first kappa shape index (κ1) is 14.9. The van der Waals surface area contributed by atoms with Crippen molar-refractivity contribution >= 4 is 0 Å². The third kappa shape index (κ3) is 3.65. The minimum absolute atomic E-state index is 0.735. The molecule has 2 heterocycles. The fourth-order valence-electron chi connectivity index (χ4n) is 2.41. The van der Waals surface area contributed by atoms with E-state index in [0.29, 0.717) is 0 Å². The molecule has 0 aromatic rings. The molecular formula is C12H23NO10. The maximum atomic E-state index is 10.3. The van der Waals surface area contributed by atoms with Crippen LogP contribution in [0.1, 0.15) is 2.74 Å². The van der Waals surface area contributed by atoms with Crippen LogP contribution in [0.15, 0.2) is 0 Å². The summed E-state index contributed by atoms with van der Waals surface area (Å²) in [5, 5.41) is 68.2. The molecule has 10 atom stereocenters. The van der Waals surface area contributed by atoms with Gasteiger partial charge in [-0.05, 0) is 0 Å². The Bertz CT molecular complexity index is 488. The van der Waals surface area contributed by atoms with Crippen molar-refractivity contribution in [3.05, 3.63) is 0 Å². The minimum Gasteiger partial charge on any atom is -0.394 e. The van der Waals surface area contributed by atoms with Crippen LogP contribution in [-0.2, 0) is 14.2 Å². The second kappa shape index (κ2) is 7.63. The molecule has 2 aliphatic rings. The van der Waals surface area contributed by atoms with Gasteiger partial charge >= 0.3 is 0 Å². The van der Waals surface area contributed by atoms with Gasteiger partial charge in [0.15, 0.2) is 12.6 Å². The highest BCUT2D eigenvalue weighted by atomic mass is 16.7. The summed E-state index contributed by atoms with van der Waals surface area (Å²) in [4.78, 5) is 0. The van der Waals surface area contributed by atoms with E-state index >= 15 is 0 Å². The second-order valence-electron chi connectivity index (χ2n) is 5.30. The lowest BCUT2D eigenvalue weighted by Crippen LogP contribution is -2.66. The molecule has 0 saturated carbocycles. The van der Waals surface area contributed by atoms with E-state index in [4.69, 9.17) is 23.5 Å². The number of rotatable bonds is 5. The minimum atomic E-state index is -3.13. The highest BCUT2D eigenvalue weighted by Crippen LogP contribution is 2.27. The Kier molecular flexibility index (Phi) is 4.93. The Morgan fingerprint density at radius 2 is 1.57 bits per heavy atom. The molecule has 0 aromatic heterocycles. The lowest BCUT2D eigenvalue weighted by Gasteiger charge is -2.45. The van der Waals surface area contributed by atoms with Crippen molar-refractivity contribution in [3.8, 4) is 0 Å². The predicted molar refractivity (Wildman–Crippen MR) is 70.6 cm³/mol. The fourth-order valence-corrected chi connectivity index (χ4v) is 2.41. The molecule has 9 N–H and O–H groups in total. The number of nitrogens with two attached hydrogens (primary N) is 1. The van der Waals surface area contributed by atoms with Gasteiger partial charge in [-0.3, -0.25) is 0 Å². The molecule has 0 bridgehead atoms. The molecule has 2 rings (SSSR count). The van der Waals surface area contributed by atoms with Crippen LogP contribution >= 0.6 is 0 Å². The van der Waals surface area contributed by atoms with Crippen LogP contribution in [0.5, 0.6) is 0 Å². The standard InChI is InChI=1S/C12H23NO10/c13-5-7(17)10(4(2-15)21-11(5)20)23-12-9(19)8(18)6(16)3(1-14)22-12/h3-12,14-20H,1-2,13H2/t3-,4-,5-,6+,7-,8+,9-,10-,11?,12+/m1/s1/i5D,11D/hD. The Hall–Kier alpha value is -0.440. The van der Waals surface area contributed by atoms with Crippen molar-refractivity contribution in [1.82, 2.24) is 0 Å². The number of hydrogen-bond donors (Lipinski definition) is 8. The molecule has 11 heteroatoms. The zero-order valence-corrected chi connectivity index (χ0v) is 11.9. The Morgan fingerprint density at radius 3 is 2.13 bits per heavy atom. The average Bonchev–Trinajstić information content (AvgIpc) is 2.61. The van der Waals surface area contributed by atoms with Gasteiger partial charge < -0.3 is 55.7 Å². The molecular weight excluding hydrogens is 318 g/mol. The van der Waals surface area contributed by atoms with E-state index < -0.39 is 74.5 Å². The molecule has 0 spiro atoms. The number of aliphatic hydroxyl groups excluding tert-OH is 6. The zero-order valence-electron chi connectivity index (χ0n) is 14.9. The van der Waals surface area contributed by atoms with Crippen LogP contribution in [0.2, 0.25) is 1.41 Å². The molecule has 2 saturated heterocycles. The predicted octanol–water partition coefficient (Wildman–Crippen LogP) is -5.43. The van der Waals surface area contributed by atoms with Crippen LogP contribution in [-0.4, -0.2) is 110 Å². The van der Waals surface area contributed by atoms with Crippen LogP contribution in [0, 0.1) is 0 Å². The lowest BCUT2D eigenvalue weighted by molar-refractivity contribution is -0.344. The van der Waals surface area contributed by atoms with E-state index in [1.807, 2.05) is 0 Å². The van der Waals surface area contributed by atoms with E-state index in [-0.39, 0.29) is 0 Å². The normalized spacial score (nSPS) is 59.9. The summed E-state index contributed by atoms with van der Waals surface area (Å²) in [5.74, 6) is 0. The van der Waals surface area contributed by atoms with Crippen LogP contribution in [0.25, 0.3) is 0 Å². The Balaban J connectivity index is 2.25. The Labute approximate surface area is 135 Å². The smallest absolute Gasteiger partial charge is 0.187 e. The van der Waals surface area contributed by atoms with Gasteiger partial charge in [-0.1, -0.05) is 0 Å². The first-order valence-corrected chi connectivity index (χ1v) is 6.88. The van der Waals surface area contributed by atoms with Crippen molar-refractivity contribution in [2.24, 2.45) is 5.73 Å². The van der Waals surface area contributed by atoms with Crippen molar-refractivity contribution < 1.29 is 54.1 Å². The average molecular weight is 344 g/mol. The summed E-state index contributed by atoms with van der Waals surface area (Å²) >= 11 is 0. The van der Waals surface area contributed by atoms with Crippen molar-refractivity contribution in [3.63, 3.8) is 0 Å². The third-order valence-electron chi connectivity index (χ3n) is 3.79. The van der Waals surface area contributed by atoms with Crippen molar-refractivity contribution in [1.29, 1.82) is 0 Å². The molecule has 23 heavy (non-hydrogen) atoms. The van der Waals surface area contributed by atoms with Gasteiger partial charge in [0.1, 0.15) is 44.1 Å². The molecule has 0 aliphatic carbocycles. The van der Waals surface area contributed by atoms with E-state index in [0.717, 1.165) is 0 Å². The van der Waals surface area contributed by atoms with Crippen LogP contribution in [0.3, 0.4) is 0 Å². The summed E-state index contributed by atoms with van der Waals surface area (Å²) in [6.45, 7) is -1.62. The van der Waals surface area contributed by atoms with Gasteiger partial charge in [0.25, 0.3) is 0 Å². The highest BCUT2D eigenvalue weighted by molar-refractivity contribution is 4.94. The maximum Gasteiger partial charge on any atom is 0.187 e. The quantitative estimate of drug-likeness (QED) is 0.237. The fraction of sp³-hybridized carbons (Fsp3) is 1.00. The first-order chi connectivity index (χ1) is 12.0. The number of ether oxygens (including phenoxy) is 3. The van der Waals surface area contributed by atoms with E-state index in [2.05, 4.69) is 0 Å². The lowest BCUT2D eigenvalue weighted by atomic mass is 9.96. The molecule has 0 amide bonds. The van der Waals surface area contributed by atoms with E-state index in [1.54, 1.807) is 0 Å². The second-order valence-corrected chi connectivity index (χ2v) is 5.30. The number of hydrogen-bond acceptors (Lipinski definition) is 11. The Morgan fingerprint density at radius 1 is 0.913 bits per heavy atom. The molecule has 1 unspecified atom stereocenters. The highest BCUT2D eigenvalue weighted by Gasteiger charge is 2.49. The van der Waals surface area contributed by atoms with Gasteiger partial charge in [-0.25, -0.2) is 0 Å². The van der Waals surface area contributed by atoms with Crippen molar-refractivity contribution in [2.45, 2.75) is 61.3 Å². The molecule has 0 radical (unpaired) electrons. The maximum absolute atomic E-state index is 10.3. The van der Waals surface area contributed by atoms with Gasteiger partial charge in [-0.2, -0.15) is 0 Å². The van der Waals surface area contributed by atoms with E-state index in [9.17, 15) is 30.6 Å². The van der Waals surface area contributed by atoms with Crippen LogP contribution < -0.4 is 5.73 Å². The third-order valence-corrected chi connectivity index (χ3v) is 3.79. The number of aliphatic hydroxyl groups is 7. The summed E-state index contributed by atoms with van der Waals surface area (Å²) in [5.41, 5.74) is 1.49. The van der Waals surface area contributed by atoms with Crippen LogP contribution in [0.4, 0.5) is 0 Å². The molecule has 11 nitrogen and oxygen atoms in total. The summed E-state index contributed by atoms with van der Waals surface area (Å²) in [6.07, 6.45) is -16.8. The molecule has 2 aliphatic heterocycles. The topological polar surface area (TPSA) is 195 Å². The largest absolute Gasteiger partial charge is 0.394 e. The zero-order chi connectivity index (χ0) is 19.9. The summed E-state index contributed by atoms with van der Waals surface area (Å²) in [6, 6.07) is -2.82. The first-order valence-electron chi connectivity index (χ1n) is 8.38. The van der Waals surface area contributed by atoms with Crippen molar-refractivity contribution in [2.75, 3.05) is 13.2 Å². The molecule has 0 aromatic carbocycles. The molecule has 136 valence electrons. The summed E-state index contributed by atoms with van der Waals surface area (Å²) in [7, 11) is 0. The van der Waals surface area contributed by atoms with E-state index in [1.165, 1.54) is 5.73 Å². The molecule has 2 fully saturated rings. The van der Waals surface area contributed by atoms with Gasteiger partial charge in [0.05, 0.1) is 22.0 Å². The van der Waals surface area contributed by atoms with Gasteiger partial charge in [0, 0.05) is 0 Å². The van der Waals surface area contributed by atoms with Gasteiger partial charge in [0.2, 0.25) is 0 Å². The monoisotopic (exact) mass is 344 g/mol. The SMILES string of the molecule is [2H]N[C@]1([2H])[C@@H](O)[C@H](O[C@@H]2O[C@H](CO)[C@H](O)[C@H](O)[C@H]2O)[C@@H](CO)OC1([2H])O. The summed E-state index contributed by atoms with van der Waals surface area (Å²) < 4.78 is 37.8.